The highest BCUT2D eigenvalue weighted by molar-refractivity contribution is 5.74. The third-order valence-electron chi connectivity index (χ3n) is 3.06. The molecule has 2 heterocycles. The van der Waals surface area contributed by atoms with Crippen LogP contribution in [-0.4, -0.2) is 28.8 Å². The van der Waals surface area contributed by atoms with Crippen LogP contribution in [0.2, 0.25) is 0 Å². The molecular formula is C12H13FN2O2. The van der Waals surface area contributed by atoms with Gasteiger partial charge in [-0.3, -0.25) is 0 Å². The first kappa shape index (κ1) is 10.5. The highest BCUT2D eigenvalue weighted by atomic mass is 19.1. The summed E-state index contributed by atoms with van der Waals surface area (Å²) in [5.74, 6) is -0.328. The fraction of sp³-hybridized carbons (Fsp3) is 0.417. The first-order valence-corrected chi connectivity index (χ1v) is 5.57. The predicted octanol–water partition coefficient (Wildman–Crippen LogP) is 1.93. The van der Waals surface area contributed by atoms with Crippen LogP contribution in [-0.2, 0) is 0 Å². The maximum absolute atomic E-state index is 13.0. The van der Waals surface area contributed by atoms with Crippen LogP contribution in [0.1, 0.15) is 13.3 Å². The zero-order valence-corrected chi connectivity index (χ0v) is 9.48. The van der Waals surface area contributed by atoms with Crippen LogP contribution in [0.4, 0.5) is 10.4 Å². The number of hydrogen-bond acceptors (Lipinski definition) is 4. The van der Waals surface area contributed by atoms with Gasteiger partial charge in [-0.1, -0.05) is 0 Å². The minimum Gasteiger partial charge on any atom is -0.423 e. The van der Waals surface area contributed by atoms with Gasteiger partial charge in [0.2, 0.25) is 0 Å². The summed E-state index contributed by atoms with van der Waals surface area (Å²) >= 11 is 0. The van der Waals surface area contributed by atoms with E-state index in [0.29, 0.717) is 36.6 Å². The van der Waals surface area contributed by atoms with E-state index in [0.717, 1.165) is 0 Å². The van der Waals surface area contributed by atoms with E-state index in [4.69, 9.17) is 4.42 Å². The van der Waals surface area contributed by atoms with E-state index >= 15 is 0 Å². The molecule has 90 valence electrons. The Balaban J connectivity index is 1.96. The molecule has 2 aromatic rings. The van der Waals surface area contributed by atoms with Crippen molar-refractivity contribution >= 4 is 17.1 Å². The second kappa shape index (κ2) is 3.43. The molecule has 5 heteroatoms. The molecule has 0 bridgehead atoms. The minimum absolute atomic E-state index is 0.328. The first-order valence-electron chi connectivity index (χ1n) is 5.57. The smallest absolute Gasteiger partial charge is 0.298 e. The van der Waals surface area contributed by atoms with Crippen LogP contribution in [0, 0.1) is 5.82 Å². The first-order chi connectivity index (χ1) is 8.03. The van der Waals surface area contributed by atoms with Gasteiger partial charge in [0.1, 0.15) is 11.3 Å². The molecule has 0 aliphatic carbocycles. The molecule has 1 atom stereocenters. The average molecular weight is 236 g/mol. The number of fused-ring (bicyclic) bond motifs is 1. The Hall–Kier alpha value is -1.62. The molecule has 0 saturated carbocycles. The molecule has 1 saturated heterocycles. The van der Waals surface area contributed by atoms with E-state index in [1.807, 2.05) is 4.90 Å². The molecule has 1 aliphatic rings. The number of anilines is 1. The molecular weight excluding hydrogens is 223 g/mol. The molecule has 1 unspecified atom stereocenters. The van der Waals surface area contributed by atoms with Crippen LogP contribution in [0.3, 0.4) is 0 Å². The number of aliphatic hydroxyl groups is 1. The van der Waals surface area contributed by atoms with Crippen molar-refractivity contribution in [3.8, 4) is 0 Å². The molecule has 1 aromatic carbocycles. The van der Waals surface area contributed by atoms with Gasteiger partial charge in [-0.15, -0.1) is 0 Å². The van der Waals surface area contributed by atoms with E-state index in [-0.39, 0.29) is 5.82 Å². The van der Waals surface area contributed by atoms with Gasteiger partial charge >= 0.3 is 0 Å². The van der Waals surface area contributed by atoms with Gasteiger partial charge in [0.25, 0.3) is 6.01 Å². The van der Waals surface area contributed by atoms with Gasteiger partial charge < -0.3 is 14.4 Å². The third kappa shape index (κ3) is 1.86. The molecule has 4 nitrogen and oxygen atoms in total. The maximum atomic E-state index is 13.0. The van der Waals surface area contributed by atoms with Gasteiger partial charge in [-0.2, -0.15) is 4.98 Å². The fourth-order valence-corrected chi connectivity index (χ4v) is 2.13. The topological polar surface area (TPSA) is 49.5 Å². The zero-order chi connectivity index (χ0) is 12.0. The van der Waals surface area contributed by atoms with Crippen LogP contribution in [0.5, 0.6) is 0 Å². The summed E-state index contributed by atoms with van der Waals surface area (Å²) in [4.78, 5) is 6.10. The summed E-state index contributed by atoms with van der Waals surface area (Å²) in [7, 11) is 0. The van der Waals surface area contributed by atoms with Crippen LogP contribution >= 0.6 is 0 Å². The Bertz CT molecular complexity index is 565. The normalized spacial score (nSPS) is 24.8. The van der Waals surface area contributed by atoms with E-state index in [9.17, 15) is 9.50 Å². The number of halogens is 1. The zero-order valence-electron chi connectivity index (χ0n) is 9.48. The Morgan fingerprint density at radius 2 is 2.35 bits per heavy atom. The van der Waals surface area contributed by atoms with E-state index in [1.54, 1.807) is 13.0 Å². The quantitative estimate of drug-likeness (QED) is 0.822. The largest absolute Gasteiger partial charge is 0.423 e. The number of nitrogens with zero attached hydrogens (tertiary/aromatic N) is 2. The third-order valence-corrected chi connectivity index (χ3v) is 3.06. The summed E-state index contributed by atoms with van der Waals surface area (Å²) < 4.78 is 18.5. The fourth-order valence-electron chi connectivity index (χ4n) is 2.13. The molecule has 0 spiro atoms. The lowest BCUT2D eigenvalue weighted by Gasteiger charge is -2.16. The number of benzene rings is 1. The van der Waals surface area contributed by atoms with Gasteiger partial charge in [0.15, 0.2) is 5.58 Å². The SMILES string of the molecule is CC1(O)CCN(c2nc3cc(F)ccc3o2)C1. The van der Waals surface area contributed by atoms with Gasteiger partial charge in [0, 0.05) is 12.6 Å². The van der Waals surface area contributed by atoms with Crippen molar-refractivity contribution in [3.63, 3.8) is 0 Å². The molecule has 1 fully saturated rings. The molecule has 0 radical (unpaired) electrons. The molecule has 1 aliphatic heterocycles. The number of rotatable bonds is 1. The lowest BCUT2D eigenvalue weighted by molar-refractivity contribution is 0.0836. The molecule has 1 aromatic heterocycles. The Labute approximate surface area is 97.7 Å². The van der Waals surface area contributed by atoms with Gasteiger partial charge in [-0.25, -0.2) is 4.39 Å². The summed E-state index contributed by atoms with van der Waals surface area (Å²) in [6.45, 7) is 2.97. The van der Waals surface area contributed by atoms with E-state index in [1.165, 1.54) is 12.1 Å². The molecule has 0 amide bonds. The minimum atomic E-state index is -0.702. The average Bonchev–Trinajstić information content (AvgIpc) is 2.80. The number of β-amino-alcohol motifs (C(OH)–C–C–N with tert-alkyl or cyclic N) is 1. The number of oxazole rings is 1. The highest BCUT2D eigenvalue weighted by Gasteiger charge is 2.33. The second-order valence-corrected chi connectivity index (χ2v) is 4.78. The molecule has 3 rings (SSSR count). The van der Waals surface area contributed by atoms with E-state index < -0.39 is 5.60 Å². The van der Waals surface area contributed by atoms with Crippen molar-refractivity contribution in [3.05, 3.63) is 24.0 Å². The lowest BCUT2D eigenvalue weighted by Crippen LogP contribution is -2.29. The van der Waals surface area contributed by atoms with Crippen LogP contribution < -0.4 is 4.90 Å². The second-order valence-electron chi connectivity index (χ2n) is 4.78. The van der Waals surface area contributed by atoms with Crippen molar-refractivity contribution < 1.29 is 13.9 Å². The molecule has 17 heavy (non-hydrogen) atoms. The maximum Gasteiger partial charge on any atom is 0.298 e. The van der Waals surface area contributed by atoms with Crippen LogP contribution in [0.25, 0.3) is 11.1 Å². The number of aromatic nitrogens is 1. The van der Waals surface area contributed by atoms with Gasteiger partial charge in [0.05, 0.1) is 12.1 Å². The Kier molecular flexibility index (Phi) is 2.13. The molecule has 1 N–H and O–H groups in total. The summed E-state index contributed by atoms with van der Waals surface area (Å²) in [6.07, 6.45) is 0.681. The predicted molar refractivity (Wildman–Crippen MR) is 61.4 cm³/mol. The van der Waals surface area contributed by atoms with Crippen LogP contribution in [0.15, 0.2) is 22.6 Å². The Morgan fingerprint density at radius 1 is 1.53 bits per heavy atom. The van der Waals surface area contributed by atoms with Gasteiger partial charge in [-0.05, 0) is 25.5 Å². The Morgan fingerprint density at radius 3 is 3.06 bits per heavy atom. The summed E-state index contributed by atoms with van der Waals surface area (Å²) in [5, 5.41) is 9.87. The number of hydrogen-bond donors (Lipinski definition) is 1. The summed E-state index contributed by atoms with van der Waals surface area (Å²) in [5.41, 5.74) is 0.366. The van der Waals surface area contributed by atoms with Crippen molar-refractivity contribution in [1.82, 2.24) is 4.98 Å². The highest BCUT2D eigenvalue weighted by Crippen LogP contribution is 2.28. The lowest BCUT2D eigenvalue weighted by atomic mass is 10.1. The van der Waals surface area contributed by atoms with Crippen molar-refractivity contribution in [2.75, 3.05) is 18.0 Å². The van der Waals surface area contributed by atoms with E-state index in [2.05, 4.69) is 4.98 Å². The van der Waals surface area contributed by atoms with Crippen molar-refractivity contribution in [1.29, 1.82) is 0 Å². The standard InChI is InChI=1S/C12H13FN2O2/c1-12(16)4-5-15(7-12)11-14-9-6-8(13)2-3-10(9)17-11/h2-3,6,16H,4-5,7H2,1H3. The monoisotopic (exact) mass is 236 g/mol. The van der Waals surface area contributed by atoms with Crippen molar-refractivity contribution in [2.45, 2.75) is 18.9 Å². The summed E-state index contributed by atoms with van der Waals surface area (Å²) in [6, 6.07) is 4.70. The van der Waals surface area contributed by atoms with Crippen molar-refractivity contribution in [2.24, 2.45) is 0 Å².